The van der Waals surface area contributed by atoms with Crippen LogP contribution in [0.5, 0.6) is 0 Å². The largest absolute Gasteiger partial charge is 0.471 e. The Bertz CT molecular complexity index is 474. The lowest BCUT2D eigenvalue weighted by molar-refractivity contribution is -0.187. The van der Waals surface area contributed by atoms with Crippen molar-refractivity contribution >= 4 is 24.1 Å². The molecule has 0 radical (unpaired) electrons. The SMILES string of the molecule is O=C(N1CCC(N2CCN(OP(=O)(O)Cl)CC2)CC1)C(F)(F)F. The van der Waals surface area contributed by atoms with Gasteiger partial charge in [0.15, 0.2) is 0 Å². The van der Waals surface area contributed by atoms with Gasteiger partial charge in [0.25, 0.3) is 0 Å². The molecule has 0 aromatic heterocycles. The number of nitrogens with zero attached hydrogens (tertiary/aromatic N) is 3. The molecule has 7 nitrogen and oxygen atoms in total. The monoisotopic (exact) mass is 379 g/mol. The number of hydroxylamine groups is 2. The van der Waals surface area contributed by atoms with E-state index in [1.54, 1.807) is 0 Å². The van der Waals surface area contributed by atoms with Crippen LogP contribution in [0.15, 0.2) is 0 Å². The van der Waals surface area contributed by atoms with E-state index in [0.717, 1.165) is 4.90 Å². The Morgan fingerprint density at radius 2 is 1.65 bits per heavy atom. The number of rotatable bonds is 3. The van der Waals surface area contributed by atoms with Crippen molar-refractivity contribution in [1.29, 1.82) is 0 Å². The van der Waals surface area contributed by atoms with Gasteiger partial charge in [-0.15, -0.1) is 0 Å². The average molecular weight is 380 g/mol. The van der Waals surface area contributed by atoms with Crippen molar-refractivity contribution in [3.63, 3.8) is 0 Å². The Balaban J connectivity index is 1.77. The third-order valence-corrected chi connectivity index (χ3v) is 4.62. The predicted molar refractivity (Wildman–Crippen MR) is 75.6 cm³/mol. The highest BCUT2D eigenvalue weighted by Gasteiger charge is 2.43. The van der Waals surface area contributed by atoms with Gasteiger partial charge in [0.05, 0.1) is 0 Å². The maximum absolute atomic E-state index is 12.4. The van der Waals surface area contributed by atoms with Crippen molar-refractivity contribution in [2.75, 3.05) is 39.3 Å². The molecule has 2 heterocycles. The molecule has 2 aliphatic heterocycles. The minimum absolute atomic E-state index is 0.0766. The zero-order valence-corrected chi connectivity index (χ0v) is 13.9. The maximum atomic E-state index is 12.4. The van der Waals surface area contributed by atoms with Gasteiger partial charge in [-0.25, -0.2) is 9.19 Å². The molecule has 2 fully saturated rings. The van der Waals surface area contributed by atoms with Gasteiger partial charge < -0.3 is 9.79 Å². The molecule has 0 aliphatic carbocycles. The van der Waals surface area contributed by atoms with E-state index >= 15 is 0 Å². The van der Waals surface area contributed by atoms with Crippen molar-refractivity contribution in [1.82, 2.24) is 14.9 Å². The van der Waals surface area contributed by atoms with Gasteiger partial charge in [-0.3, -0.25) is 9.69 Å². The summed E-state index contributed by atoms with van der Waals surface area (Å²) in [5.74, 6) is -1.78. The van der Waals surface area contributed by atoms with Gasteiger partial charge in [0.1, 0.15) is 0 Å². The Morgan fingerprint density at radius 1 is 1.13 bits per heavy atom. The molecule has 0 aromatic rings. The summed E-state index contributed by atoms with van der Waals surface area (Å²) in [5.41, 5.74) is 0. The van der Waals surface area contributed by atoms with E-state index < -0.39 is 19.0 Å². The zero-order chi connectivity index (χ0) is 17.3. The van der Waals surface area contributed by atoms with E-state index in [9.17, 15) is 22.5 Å². The average Bonchev–Trinajstić information content (AvgIpc) is 2.45. The molecule has 23 heavy (non-hydrogen) atoms. The van der Waals surface area contributed by atoms with Crippen molar-refractivity contribution in [2.24, 2.45) is 0 Å². The normalized spacial score (nSPS) is 25.3. The second-order valence-corrected chi connectivity index (χ2v) is 7.87. The first-order valence-electron chi connectivity index (χ1n) is 7.13. The standard InChI is InChI=1S/C11H18ClF3N3O4P/c12-23(20,21)22-18-7-5-16(6-8-18)9-1-3-17(4-2-9)10(19)11(13,14)15/h9H,1-8H2,(H,20,21). The van der Waals surface area contributed by atoms with Crippen molar-refractivity contribution < 1.29 is 32.0 Å². The molecule has 1 atom stereocenters. The predicted octanol–water partition coefficient (Wildman–Crippen LogP) is 1.43. The quantitative estimate of drug-likeness (QED) is 0.748. The molecule has 0 bridgehead atoms. The number of piperazine rings is 1. The molecule has 2 saturated heterocycles. The number of halogens is 4. The summed E-state index contributed by atoms with van der Waals surface area (Å²) < 4.78 is 52.8. The fourth-order valence-corrected chi connectivity index (χ4v) is 3.62. The molecular formula is C11H18ClF3N3O4P. The molecule has 1 N–H and O–H groups in total. The maximum Gasteiger partial charge on any atom is 0.471 e. The van der Waals surface area contributed by atoms with Gasteiger partial charge >= 0.3 is 19.0 Å². The summed E-state index contributed by atoms with van der Waals surface area (Å²) in [4.78, 5) is 23.1. The Morgan fingerprint density at radius 3 is 2.09 bits per heavy atom. The second kappa shape index (κ2) is 7.25. The first-order valence-corrected chi connectivity index (χ1v) is 9.62. The molecule has 1 amide bonds. The fraction of sp³-hybridized carbons (Fsp3) is 0.909. The Hall–Kier alpha value is -0.380. The number of amides is 1. The summed E-state index contributed by atoms with van der Waals surface area (Å²) >= 11 is 5.14. The van der Waals surface area contributed by atoms with E-state index in [1.807, 2.05) is 0 Å². The lowest BCUT2D eigenvalue weighted by atomic mass is 10.0. The van der Waals surface area contributed by atoms with E-state index in [-0.39, 0.29) is 19.1 Å². The molecule has 12 heteroatoms. The number of likely N-dealkylation sites (tertiary alicyclic amines) is 1. The first-order chi connectivity index (χ1) is 10.6. The van der Waals surface area contributed by atoms with Crippen LogP contribution in [-0.2, 0) is 14.0 Å². The smallest absolute Gasteiger partial charge is 0.335 e. The number of carbonyl (C=O) groups is 1. The van der Waals surface area contributed by atoms with Gasteiger partial charge in [0.2, 0.25) is 0 Å². The van der Waals surface area contributed by atoms with Crippen LogP contribution in [0.2, 0.25) is 0 Å². The van der Waals surface area contributed by atoms with Crippen LogP contribution in [-0.4, -0.2) is 77.2 Å². The summed E-state index contributed by atoms with van der Waals surface area (Å²) in [6.45, 7) is -2.09. The number of piperidine rings is 1. The highest BCUT2D eigenvalue weighted by Crippen LogP contribution is 2.48. The molecule has 134 valence electrons. The summed E-state index contributed by atoms with van der Waals surface area (Å²) in [5, 5.41) is 1.31. The minimum atomic E-state index is -4.82. The fourth-order valence-electron chi connectivity index (χ4n) is 2.91. The van der Waals surface area contributed by atoms with Crippen LogP contribution in [0.4, 0.5) is 13.2 Å². The number of hydrogen-bond donors (Lipinski definition) is 1. The number of hydrogen-bond acceptors (Lipinski definition) is 5. The minimum Gasteiger partial charge on any atom is -0.335 e. The van der Waals surface area contributed by atoms with Crippen molar-refractivity contribution in [3.8, 4) is 0 Å². The zero-order valence-electron chi connectivity index (χ0n) is 12.2. The first kappa shape index (κ1) is 19.0. The second-order valence-electron chi connectivity index (χ2n) is 5.52. The lowest BCUT2D eigenvalue weighted by Crippen LogP contribution is -2.54. The molecule has 1 unspecified atom stereocenters. The summed E-state index contributed by atoms with van der Waals surface area (Å²) in [7, 11) is 0. The van der Waals surface area contributed by atoms with Crippen LogP contribution in [0.1, 0.15) is 12.8 Å². The van der Waals surface area contributed by atoms with E-state index in [1.165, 1.54) is 5.06 Å². The van der Waals surface area contributed by atoms with E-state index in [2.05, 4.69) is 4.90 Å². The molecule has 0 saturated carbocycles. The summed E-state index contributed by atoms with van der Waals surface area (Å²) in [6, 6.07) is 0.0892. The molecule has 0 spiro atoms. The van der Waals surface area contributed by atoms with Crippen LogP contribution >= 0.6 is 18.2 Å². The van der Waals surface area contributed by atoms with Crippen molar-refractivity contribution in [2.45, 2.75) is 25.1 Å². The van der Waals surface area contributed by atoms with E-state index in [4.69, 9.17) is 20.8 Å². The van der Waals surface area contributed by atoms with Crippen LogP contribution in [0.25, 0.3) is 0 Å². The van der Waals surface area contributed by atoms with Crippen LogP contribution < -0.4 is 0 Å². The molecule has 2 rings (SSSR count). The number of alkyl halides is 3. The third kappa shape index (κ3) is 5.58. The van der Waals surface area contributed by atoms with Gasteiger partial charge in [-0.05, 0) is 12.8 Å². The molecular weight excluding hydrogens is 362 g/mol. The Labute approximate surface area is 136 Å². The summed E-state index contributed by atoms with van der Waals surface area (Å²) in [6.07, 6.45) is -3.89. The molecule has 0 aromatic carbocycles. The Kier molecular flexibility index (Phi) is 5.97. The number of carbonyl (C=O) groups excluding carboxylic acids is 1. The van der Waals surface area contributed by atoms with Gasteiger partial charge in [0, 0.05) is 56.6 Å². The van der Waals surface area contributed by atoms with Gasteiger partial charge in [-0.2, -0.15) is 18.2 Å². The topological polar surface area (TPSA) is 73.3 Å². The third-order valence-electron chi connectivity index (χ3n) is 4.00. The van der Waals surface area contributed by atoms with Crippen LogP contribution in [0, 0.1) is 0 Å². The van der Waals surface area contributed by atoms with Gasteiger partial charge in [-0.1, -0.05) is 0 Å². The van der Waals surface area contributed by atoms with Crippen molar-refractivity contribution in [3.05, 3.63) is 0 Å². The van der Waals surface area contributed by atoms with Crippen LogP contribution in [0.3, 0.4) is 0 Å². The van der Waals surface area contributed by atoms with E-state index in [0.29, 0.717) is 39.0 Å². The highest BCUT2D eigenvalue weighted by atomic mass is 35.7. The highest BCUT2D eigenvalue weighted by molar-refractivity contribution is 7.80. The molecule has 2 aliphatic rings. The lowest BCUT2D eigenvalue weighted by Gasteiger charge is -2.42.